The maximum atomic E-state index is 13.0. The zero-order chi connectivity index (χ0) is 14.3. The molecule has 3 rings (SSSR count). The van der Waals surface area contributed by atoms with Crippen LogP contribution in [0.1, 0.15) is 12.8 Å². The zero-order valence-electron chi connectivity index (χ0n) is 10.9. The number of halogens is 2. The molecule has 0 radical (unpaired) electrons. The molecule has 0 saturated carbocycles. The average molecular weight is 284 g/mol. The van der Waals surface area contributed by atoms with Crippen molar-refractivity contribution in [1.82, 2.24) is 5.32 Å². The molecule has 2 heterocycles. The number of nitrogens with one attached hydrogen (secondary N) is 1. The Morgan fingerprint density at radius 3 is 2.85 bits per heavy atom. The van der Waals surface area contributed by atoms with Crippen molar-refractivity contribution in [2.75, 3.05) is 18.5 Å². The van der Waals surface area contributed by atoms with Crippen molar-refractivity contribution >= 4 is 11.6 Å². The van der Waals surface area contributed by atoms with Gasteiger partial charge in [0.25, 0.3) is 0 Å². The molecule has 1 aromatic carbocycles. The molecule has 0 aromatic heterocycles. The Kier molecular flexibility index (Phi) is 3.01. The van der Waals surface area contributed by atoms with Crippen LogP contribution in [0.25, 0.3) is 0 Å². The minimum atomic E-state index is -3.64. The topological polar surface area (TPSA) is 50.8 Å². The smallest absolute Gasteiger partial charge is 0.395 e. The molecule has 2 aliphatic rings. The van der Waals surface area contributed by atoms with Crippen LogP contribution in [0.2, 0.25) is 0 Å². The summed E-state index contributed by atoms with van der Waals surface area (Å²) < 4.78 is 34.7. The van der Waals surface area contributed by atoms with Gasteiger partial charge in [-0.1, -0.05) is 0 Å². The van der Waals surface area contributed by atoms with Gasteiger partial charge in [0.05, 0.1) is 6.04 Å². The maximum absolute atomic E-state index is 13.0. The van der Waals surface area contributed by atoms with E-state index in [1.807, 2.05) is 0 Å². The molecule has 1 N–H and O–H groups in total. The van der Waals surface area contributed by atoms with E-state index >= 15 is 0 Å². The summed E-state index contributed by atoms with van der Waals surface area (Å²) in [6, 6.07) is 4.14. The van der Waals surface area contributed by atoms with E-state index in [9.17, 15) is 13.6 Å². The summed E-state index contributed by atoms with van der Waals surface area (Å²) >= 11 is 0. The third kappa shape index (κ3) is 2.18. The quantitative estimate of drug-likeness (QED) is 0.898. The number of carbonyl (C=O) groups excluding carboxylic acids is 1. The monoisotopic (exact) mass is 284 g/mol. The number of fused-ring (bicyclic) bond motifs is 1. The molecular formula is C13H14F2N2O3. The molecule has 0 bridgehead atoms. The summed E-state index contributed by atoms with van der Waals surface area (Å²) in [6.07, 6.45) is -2.02. The van der Waals surface area contributed by atoms with Gasteiger partial charge in [-0.3, -0.25) is 4.79 Å². The summed E-state index contributed by atoms with van der Waals surface area (Å²) in [7, 11) is 1.73. The lowest BCUT2D eigenvalue weighted by Crippen LogP contribution is -2.49. The van der Waals surface area contributed by atoms with E-state index in [0.717, 1.165) is 12.8 Å². The van der Waals surface area contributed by atoms with Crippen molar-refractivity contribution in [2.45, 2.75) is 25.2 Å². The van der Waals surface area contributed by atoms with Crippen molar-refractivity contribution in [3.05, 3.63) is 18.2 Å². The van der Waals surface area contributed by atoms with Gasteiger partial charge in [-0.15, -0.1) is 8.78 Å². The third-order valence-electron chi connectivity index (χ3n) is 3.48. The molecule has 20 heavy (non-hydrogen) atoms. The predicted octanol–water partition coefficient (Wildman–Crippen LogP) is 1.72. The maximum Gasteiger partial charge on any atom is 0.586 e. The standard InChI is InChI=1S/C13H14F2N2O3/c1-16-9-3-2-6-17(12(9)18)8-4-5-10-11(7-8)20-13(14,15)19-10/h4-5,7,9,16H,2-3,6H2,1H3. The summed E-state index contributed by atoms with van der Waals surface area (Å²) in [6.45, 7) is 0.563. The second-order valence-electron chi connectivity index (χ2n) is 4.77. The number of likely N-dealkylation sites (N-methyl/N-ethyl adjacent to an activating group) is 1. The molecule has 5 nitrogen and oxygen atoms in total. The van der Waals surface area contributed by atoms with Gasteiger partial charge in [-0.25, -0.2) is 0 Å². The molecule has 7 heteroatoms. The normalized spacial score (nSPS) is 24.1. The Morgan fingerprint density at radius 1 is 1.35 bits per heavy atom. The Morgan fingerprint density at radius 2 is 2.10 bits per heavy atom. The minimum absolute atomic E-state index is 0.0200. The van der Waals surface area contributed by atoms with Crippen molar-refractivity contribution in [1.29, 1.82) is 0 Å². The fourth-order valence-corrected chi connectivity index (χ4v) is 2.51. The number of hydrogen-bond donors (Lipinski definition) is 1. The molecule has 0 spiro atoms. The van der Waals surface area contributed by atoms with E-state index in [-0.39, 0.29) is 23.4 Å². The summed E-state index contributed by atoms with van der Waals surface area (Å²) in [5.41, 5.74) is 0.537. The Bertz CT molecular complexity index is 550. The van der Waals surface area contributed by atoms with Crippen LogP contribution in [0.4, 0.5) is 14.5 Å². The molecule has 2 aliphatic heterocycles. The number of amides is 1. The number of benzene rings is 1. The van der Waals surface area contributed by atoms with Gasteiger partial charge >= 0.3 is 6.29 Å². The Hall–Kier alpha value is -1.89. The van der Waals surface area contributed by atoms with Gasteiger partial charge in [0.2, 0.25) is 5.91 Å². The fourth-order valence-electron chi connectivity index (χ4n) is 2.51. The largest absolute Gasteiger partial charge is 0.586 e. The van der Waals surface area contributed by atoms with Gasteiger partial charge in [-0.05, 0) is 32.0 Å². The van der Waals surface area contributed by atoms with Crippen LogP contribution >= 0.6 is 0 Å². The van der Waals surface area contributed by atoms with Crippen molar-refractivity contribution in [3.8, 4) is 11.5 Å². The lowest BCUT2D eigenvalue weighted by molar-refractivity contribution is -0.286. The van der Waals surface area contributed by atoms with Gasteiger partial charge < -0.3 is 19.7 Å². The number of anilines is 1. The van der Waals surface area contributed by atoms with Crippen LogP contribution in [0, 0.1) is 0 Å². The number of alkyl halides is 2. The van der Waals surface area contributed by atoms with Gasteiger partial charge in [-0.2, -0.15) is 0 Å². The van der Waals surface area contributed by atoms with E-state index in [0.29, 0.717) is 12.2 Å². The molecule has 1 saturated heterocycles. The third-order valence-corrected chi connectivity index (χ3v) is 3.48. The first-order valence-corrected chi connectivity index (χ1v) is 6.39. The van der Waals surface area contributed by atoms with E-state index in [1.165, 1.54) is 12.1 Å². The second-order valence-corrected chi connectivity index (χ2v) is 4.77. The van der Waals surface area contributed by atoms with Gasteiger partial charge in [0, 0.05) is 18.3 Å². The summed E-state index contributed by atoms with van der Waals surface area (Å²) in [5.74, 6) is -0.135. The first kappa shape index (κ1) is 13.1. The summed E-state index contributed by atoms with van der Waals surface area (Å²) in [5, 5.41) is 2.95. The Balaban J connectivity index is 1.87. The highest BCUT2D eigenvalue weighted by Crippen LogP contribution is 2.43. The van der Waals surface area contributed by atoms with E-state index in [4.69, 9.17) is 0 Å². The van der Waals surface area contributed by atoms with Crippen LogP contribution in [0.5, 0.6) is 11.5 Å². The van der Waals surface area contributed by atoms with Gasteiger partial charge in [0.1, 0.15) is 0 Å². The zero-order valence-corrected chi connectivity index (χ0v) is 10.9. The number of hydrogen-bond acceptors (Lipinski definition) is 4. The van der Waals surface area contributed by atoms with Crippen LogP contribution in [-0.4, -0.2) is 31.8 Å². The fraction of sp³-hybridized carbons (Fsp3) is 0.462. The van der Waals surface area contributed by atoms with E-state index < -0.39 is 6.29 Å². The molecule has 1 aromatic rings. The minimum Gasteiger partial charge on any atom is -0.395 e. The van der Waals surface area contributed by atoms with Crippen molar-refractivity contribution < 1.29 is 23.0 Å². The summed E-state index contributed by atoms with van der Waals surface area (Å²) in [4.78, 5) is 13.8. The van der Waals surface area contributed by atoms with E-state index in [2.05, 4.69) is 14.8 Å². The Labute approximate surface area is 114 Å². The number of carbonyl (C=O) groups is 1. The molecular weight excluding hydrogens is 270 g/mol. The molecule has 108 valence electrons. The van der Waals surface area contributed by atoms with Crippen LogP contribution in [0.3, 0.4) is 0 Å². The van der Waals surface area contributed by atoms with Crippen LogP contribution in [0.15, 0.2) is 18.2 Å². The first-order valence-electron chi connectivity index (χ1n) is 6.39. The highest BCUT2D eigenvalue weighted by atomic mass is 19.3. The number of piperidine rings is 1. The van der Waals surface area contributed by atoms with Gasteiger partial charge in [0.15, 0.2) is 11.5 Å². The molecule has 1 amide bonds. The molecule has 1 fully saturated rings. The molecule has 1 unspecified atom stereocenters. The lowest BCUT2D eigenvalue weighted by Gasteiger charge is -2.32. The first-order chi connectivity index (χ1) is 9.50. The SMILES string of the molecule is CNC1CCCN(c2ccc3c(c2)OC(F)(F)O3)C1=O. The second kappa shape index (κ2) is 4.59. The van der Waals surface area contributed by atoms with Crippen molar-refractivity contribution in [3.63, 3.8) is 0 Å². The van der Waals surface area contributed by atoms with Crippen LogP contribution < -0.4 is 19.7 Å². The number of ether oxygens (including phenoxy) is 2. The lowest BCUT2D eigenvalue weighted by atomic mass is 10.0. The molecule has 0 aliphatic carbocycles. The predicted molar refractivity (Wildman–Crippen MR) is 67.1 cm³/mol. The van der Waals surface area contributed by atoms with E-state index in [1.54, 1.807) is 18.0 Å². The molecule has 1 atom stereocenters. The van der Waals surface area contributed by atoms with Crippen LogP contribution in [-0.2, 0) is 4.79 Å². The number of nitrogens with zero attached hydrogens (tertiary/aromatic N) is 1. The highest BCUT2D eigenvalue weighted by molar-refractivity contribution is 5.98. The highest BCUT2D eigenvalue weighted by Gasteiger charge is 2.43. The average Bonchev–Trinajstić information content (AvgIpc) is 2.71. The van der Waals surface area contributed by atoms with Crippen molar-refractivity contribution in [2.24, 2.45) is 0 Å². The number of rotatable bonds is 2.